The van der Waals surface area contributed by atoms with Crippen molar-refractivity contribution in [3.63, 3.8) is 0 Å². The van der Waals surface area contributed by atoms with Crippen LogP contribution in [0.5, 0.6) is 23.1 Å². The molecule has 0 saturated carbocycles. The Bertz CT molecular complexity index is 718. The Kier molecular flexibility index (Phi) is 3.98. The number of hydrogen-bond acceptors (Lipinski definition) is 4. The van der Waals surface area contributed by atoms with E-state index in [-0.39, 0.29) is 5.28 Å². The molecule has 104 valence electrons. The molecule has 21 heavy (non-hydrogen) atoms. The van der Waals surface area contributed by atoms with Crippen LogP contribution in [0.4, 0.5) is 0 Å². The third kappa shape index (κ3) is 3.70. The number of ether oxygens (including phenoxy) is 2. The van der Waals surface area contributed by atoms with Gasteiger partial charge in [0.2, 0.25) is 11.2 Å². The van der Waals surface area contributed by atoms with Crippen molar-refractivity contribution in [3.8, 4) is 23.1 Å². The molecule has 0 spiro atoms. The fraction of sp³-hybridized carbons (Fsp3) is 0. The third-order valence-electron chi connectivity index (χ3n) is 2.63. The van der Waals surface area contributed by atoms with Gasteiger partial charge in [-0.1, -0.05) is 18.2 Å². The Labute approximate surface area is 127 Å². The van der Waals surface area contributed by atoms with Gasteiger partial charge in [0.1, 0.15) is 17.2 Å². The molecule has 0 unspecified atom stereocenters. The molecule has 0 N–H and O–H groups in total. The zero-order valence-electron chi connectivity index (χ0n) is 10.9. The molecule has 0 aliphatic carbocycles. The third-order valence-corrected chi connectivity index (χ3v) is 2.81. The first kappa shape index (κ1) is 13.4. The maximum Gasteiger partial charge on any atom is 0.225 e. The lowest BCUT2D eigenvalue weighted by atomic mass is 10.3. The van der Waals surface area contributed by atoms with Crippen LogP contribution in [0.1, 0.15) is 0 Å². The highest BCUT2D eigenvalue weighted by Crippen LogP contribution is 2.25. The minimum Gasteiger partial charge on any atom is -0.457 e. The zero-order valence-corrected chi connectivity index (χ0v) is 11.7. The highest BCUT2D eigenvalue weighted by Gasteiger charge is 2.01. The standard InChI is InChI=1S/C16H11ClN2O2/c17-16-18-11-10-15(19-16)21-14-8-6-13(7-9-14)20-12-4-2-1-3-5-12/h1-11H. The number of para-hydroxylation sites is 1. The van der Waals surface area contributed by atoms with E-state index in [1.165, 1.54) is 6.20 Å². The quantitative estimate of drug-likeness (QED) is 0.654. The number of halogens is 1. The van der Waals surface area contributed by atoms with Gasteiger partial charge in [0, 0.05) is 12.3 Å². The summed E-state index contributed by atoms with van der Waals surface area (Å²) in [5, 5.41) is 0.150. The van der Waals surface area contributed by atoms with Gasteiger partial charge >= 0.3 is 0 Å². The summed E-state index contributed by atoms with van der Waals surface area (Å²) in [5.41, 5.74) is 0. The second kappa shape index (κ2) is 6.24. The van der Waals surface area contributed by atoms with Gasteiger partial charge in [-0.2, -0.15) is 4.98 Å². The minimum atomic E-state index is 0.150. The predicted octanol–water partition coefficient (Wildman–Crippen LogP) is 4.71. The van der Waals surface area contributed by atoms with E-state index in [1.807, 2.05) is 42.5 Å². The van der Waals surface area contributed by atoms with E-state index in [0.29, 0.717) is 11.6 Å². The number of nitrogens with zero attached hydrogens (tertiary/aromatic N) is 2. The molecule has 0 aliphatic rings. The van der Waals surface area contributed by atoms with Crippen LogP contribution in [0, 0.1) is 0 Å². The van der Waals surface area contributed by atoms with Gasteiger partial charge in [0.25, 0.3) is 0 Å². The lowest BCUT2D eigenvalue weighted by Gasteiger charge is -2.07. The summed E-state index contributed by atoms with van der Waals surface area (Å²) in [6.45, 7) is 0. The lowest BCUT2D eigenvalue weighted by molar-refractivity contribution is 0.455. The zero-order chi connectivity index (χ0) is 14.5. The van der Waals surface area contributed by atoms with Crippen molar-refractivity contribution in [2.75, 3.05) is 0 Å². The number of hydrogen-bond donors (Lipinski definition) is 0. The van der Waals surface area contributed by atoms with Crippen LogP contribution in [0.3, 0.4) is 0 Å². The topological polar surface area (TPSA) is 44.2 Å². The summed E-state index contributed by atoms with van der Waals surface area (Å²) < 4.78 is 11.3. The molecule has 0 fully saturated rings. The van der Waals surface area contributed by atoms with E-state index < -0.39 is 0 Å². The first-order valence-corrected chi connectivity index (χ1v) is 6.67. The van der Waals surface area contributed by atoms with Gasteiger partial charge < -0.3 is 9.47 Å². The van der Waals surface area contributed by atoms with Crippen molar-refractivity contribution in [2.24, 2.45) is 0 Å². The highest BCUT2D eigenvalue weighted by molar-refractivity contribution is 6.28. The molecule has 0 radical (unpaired) electrons. The average molecular weight is 299 g/mol. The molecular weight excluding hydrogens is 288 g/mol. The van der Waals surface area contributed by atoms with Crippen molar-refractivity contribution in [1.82, 2.24) is 9.97 Å². The van der Waals surface area contributed by atoms with Crippen LogP contribution in [-0.4, -0.2) is 9.97 Å². The van der Waals surface area contributed by atoms with E-state index in [0.717, 1.165) is 11.5 Å². The molecule has 0 saturated heterocycles. The van der Waals surface area contributed by atoms with Crippen LogP contribution in [0.15, 0.2) is 66.9 Å². The first-order chi connectivity index (χ1) is 10.3. The first-order valence-electron chi connectivity index (χ1n) is 6.29. The smallest absolute Gasteiger partial charge is 0.225 e. The molecule has 0 amide bonds. The van der Waals surface area contributed by atoms with Gasteiger partial charge in [-0.15, -0.1) is 0 Å². The Balaban J connectivity index is 1.69. The summed E-state index contributed by atoms with van der Waals surface area (Å²) in [5.74, 6) is 2.56. The summed E-state index contributed by atoms with van der Waals surface area (Å²) in [6.07, 6.45) is 1.54. The number of benzene rings is 2. The van der Waals surface area contributed by atoms with Crippen LogP contribution in [-0.2, 0) is 0 Å². The van der Waals surface area contributed by atoms with E-state index in [4.69, 9.17) is 21.1 Å². The van der Waals surface area contributed by atoms with Crippen LogP contribution < -0.4 is 9.47 Å². The van der Waals surface area contributed by atoms with Crippen LogP contribution in [0.25, 0.3) is 0 Å². The summed E-state index contributed by atoms with van der Waals surface area (Å²) in [4.78, 5) is 7.76. The van der Waals surface area contributed by atoms with Crippen LogP contribution >= 0.6 is 11.6 Å². The number of rotatable bonds is 4. The van der Waals surface area contributed by atoms with E-state index in [9.17, 15) is 0 Å². The Morgan fingerprint density at radius 2 is 1.33 bits per heavy atom. The molecule has 3 aromatic rings. The summed E-state index contributed by atoms with van der Waals surface area (Å²) >= 11 is 5.70. The second-order valence-corrected chi connectivity index (χ2v) is 4.49. The molecule has 0 bridgehead atoms. The fourth-order valence-corrected chi connectivity index (χ4v) is 1.84. The summed E-state index contributed by atoms with van der Waals surface area (Å²) in [7, 11) is 0. The SMILES string of the molecule is Clc1nccc(Oc2ccc(Oc3ccccc3)cc2)n1. The van der Waals surface area contributed by atoms with Gasteiger partial charge in [-0.05, 0) is 48.0 Å². The van der Waals surface area contributed by atoms with Gasteiger partial charge in [0.15, 0.2) is 0 Å². The van der Waals surface area contributed by atoms with E-state index in [2.05, 4.69) is 9.97 Å². The van der Waals surface area contributed by atoms with Crippen LogP contribution in [0.2, 0.25) is 5.28 Å². The predicted molar refractivity (Wildman–Crippen MR) is 80.1 cm³/mol. The van der Waals surface area contributed by atoms with Gasteiger partial charge in [0.05, 0.1) is 0 Å². The van der Waals surface area contributed by atoms with E-state index in [1.54, 1.807) is 18.2 Å². The highest BCUT2D eigenvalue weighted by atomic mass is 35.5. The van der Waals surface area contributed by atoms with E-state index >= 15 is 0 Å². The molecule has 0 aliphatic heterocycles. The molecule has 2 aromatic carbocycles. The van der Waals surface area contributed by atoms with Crippen molar-refractivity contribution in [2.45, 2.75) is 0 Å². The molecule has 1 heterocycles. The number of aromatic nitrogens is 2. The molecule has 5 heteroatoms. The normalized spacial score (nSPS) is 10.1. The Morgan fingerprint density at radius 1 is 0.714 bits per heavy atom. The fourth-order valence-electron chi connectivity index (χ4n) is 1.70. The van der Waals surface area contributed by atoms with Crippen molar-refractivity contribution >= 4 is 11.6 Å². The van der Waals surface area contributed by atoms with Crippen molar-refractivity contribution in [1.29, 1.82) is 0 Å². The molecule has 4 nitrogen and oxygen atoms in total. The molecular formula is C16H11ClN2O2. The maximum atomic E-state index is 5.70. The summed E-state index contributed by atoms with van der Waals surface area (Å²) in [6, 6.07) is 18.5. The monoisotopic (exact) mass is 298 g/mol. The minimum absolute atomic E-state index is 0.150. The molecule has 0 atom stereocenters. The van der Waals surface area contributed by atoms with Crippen molar-refractivity contribution in [3.05, 3.63) is 72.1 Å². The Hall–Kier alpha value is -2.59. The van der Waals surface area contributed by atoms with Gasteiger partial charge in [-0.3, -0.25) is 0 Å². The average Bonchev–Trinajstić information content (AvgIpc) is 2.50. The molecule has 1 aromatic heterocycles. The van der Waals surface area contributed by atoms with Gasteiger partial charge in [-0.25, -0.2) is 4.98 Å². The van der Waals surface area contributed by atoms with Crippen molar-refractivity contribution < 1.29 is 9.47 Å². The second-order valence-electron chi connectivity index (χ2n) is 4.15. The Morgan fingerprint density at radius 3 is 2.00 bits per heavy atom. The maximum absolute atomic E-state index is 5.70. The molecule has 3 rings (SSSR count). The largest absolute Gasteiger partial charge is 0.457 e. The lowest BCUT2D eigenvalue weighted by Crippen LogP contribution is -1.90.